The van der Waals surface area contributed by atoms with Crippen LogP contribution in [0, 0.1) is 5.92 Å². The fourth-order valence-corrected chi connectivity index (χ4v) is 4.33. The first-order chi connectivity index (χ1) is 13.8. The number of amides is 1. The van der Waals surface area contributed by atoms with Crippen molar-refractivity contribution in [3.05, 3.63) is 29.8 Å². The van der Waals surface area contributed by atoms with E-state index in [9.17, 15) is 13.2 Å². The van der Waals surface area contributed by atoms with E-state index < -0.39 is 10.0 Å². The number of rotatable bonds is 15. The van der Waals surface area contributed by atoms with Crippen molar-refractivity contribution in [1.29, 1.82) is 0 Å². The zero-order valence-corrected chi connectivity index (χ0v) is 19.6. The summed E-state index contributed by atoms with van der Waals surface area (Å²) in [5, 5.41) is 3.01. The SMILES string of the molecule is CCCCc1ccc(N(CCCC(=O)NC[C@@H](CC)CCCC)S(C)(=O)=O)cc1. The van der Waals surface area contributed by atoms with Crippen LogP contribution in [-0.2, 0) is 21.2 Å². The van der Waals surface area contributed by atoms with E-state index in [0.717, 1.165) is 32.1 Å². The third-order valence-corrected chi connectivity index (χ3v) is 6.53. The topological polar surface area (TPSA) is 66.5 Å². The summed E-state index contributed by atoms with van der Waals surface area (Å²) in [6.07, 6.45) is 9.90. The van der Waals surface area contributed by atoms with Crippen LogP contribution in [0.15, 0.2) is 24.3 Å². The Morgan fingerprint density at radius 1 is 1.03 bits per heavy atom. The van der Waals surface area contributed by atoms with Crippen LogP contribution in [0.4, 0.5) is 5.69 Å². The van der Waals surface area contributed by atoms with Crippen molar-refractivity contribution in [2.75, 3.05) is 23.7 Å². The second-order valence-electron chi connectivity index (χ2n) is 7.93. The summed E-state index contributed by atoms with van der Waals surface area (Å²) in [7, 11) is -3.38. The number of hydrogen-bond donors (Lipinski definition) is 1. The second-order valence-corrected chi connectivity index (χ2v) is 9.84. The van der Waals surface area contributed by atoms with Crippen molar-refractivity contribution in [1.82, 2.24) is 5.32 Å². The van der Waals surface area contributed by atoms with E-state index in [4.69, 9.17) is 0 Å². The molecule has 0 aromatic heterocycles. The normalized spacial score (nSPS) is 12.6. The Hall–Kier alpha value is -1.56. The molecule has 0 saturated carbocycles. The van der Waals surface area contributed by atoms with Gasteiger partial charge < -0.3 is 5.32 Å². The number of hydrogen-bond acceptors (Lipinski definition) is 3. The Balaban J connectivity index is 2.55. The van der Waals surface area contributed by atoms with Crippen LogP contribution in [0.2, 0.25) is 0 Å². The lowest BCUT2D eigenvalue weighted by atomic mass is 9.99. The standard InChI is InChI=1S/C23H40N2O3S/c1-5-8-11-20(7-3)19-24-23(26)13-10-18-25(29(4,27)28)22-16-14-21(15-17-22)12-9-6-2/h14-17,20H,5-13,18-19H2,1-4H3,(H,24,26)/t20-/m0/s1. The lowest BCUT2D eigenvalue weighted by molar-refractivity contribution is -0.121. The number of unbranched alkanes of at least 4 members (excludes halogenated alkanes) is 2. The molecule has 1 N–H and O–H groups in total. The van der Waals surface area contributed by atoms with E-state index in [2.05, 4.69) is 26.1 Å². The molecule has 5 nitrogen and oxygen atoms in total. The lowest BCUT2D eigenvalue weighted by Crippen LogP contribution is -2.33. The van der Waals surface area contributed by atoms with Crippen LogP contribution in [0.25, 0.3) is 0 Å². The molecule has 1 rings (SSSR count). The maximum Gasteiger partial charge on any atom is 0.232 e. The van der Waals surface area contributed by atoms with E-state index in [1.165, 1.54) is 29.0 Å². The highest BCUT2D eigenvalue weighted by atomic mass is 32.2. The molecule has 0 spiro atoms. The molecular formula is C23H40N2O3S. The molecule has 29 heavy (non-hydrogen) atoms. The maximum atomic E-state index is 12.2. The summed E-state index contributed by atoms with van der Waals surface area (Å²) >= 11 is 0. The number of carbonyl (C=O) groups excluding carboxylic acids is 1. The molecule has 1 atom stereocenters. The van der Waals surface area contributed by atoms with E-state index in [0.29, 0.717) is 37.5 Å². The summed E-state index contributed by atoms with van der Waals surface area (Å²) in [5.41, 5.74) is 1.88. The highest BCUT2D eigenvalue weighted by molar-refractivity contribution is 7.92. The first kappa shape index (κ1) is 25.5. The molecule has 0 radical (unpaired) electrons. The van der Waals surface area contributed by atoms with Gasteiger partial charge in [-0.05, 0) is 49.3 Å². The van der Waals surface area contributed by atoms with Gasteiger partial charge in [0.25, 0.3) is 0 Å². The van der Waals surface area contributed by atoms with Gasteiger partial charge in [0, 0.05) is 19.5 Å². The lowest BCUT2D eigenvalue weighted by Gasteiger charge is -2.22. The van der Waals surface area contributed by atoms with E-state index in [-0.39, 0.29) is 5.91 Å². The molecular weight excluding hydrogens is 384 g/mol. The van der Waals surface area contributed by atoms with Crippen molar-refractivity contribution in [2.24, 2.45) is 5.92 Å². The predicted octanol–water partition coefficient (Wildman–Crippen LogP) is 4.91. The summed E-state index contributed by atoms with van der Waals surface area (Å²) in [5.74, 6) is 0.529. The van der Waals surface area contributed by atoms with Crippen LogP contribution in [-0.4, -0.2) is 33.7 Å². The second kappa shape index (κ2) is 13.6. The third kappa shape index (κ3) is 10.2. The smallest absolute Gasteiger partial charge is 0.232 e. The highest BCUT2D eigenvalue weighted by Gasteiger charge is 2.18. The monoisotopic (exact) mass is 424 g/mol. The van der Waals surface area contributed by atoms with Gasteiger partial charge in [0.2, 0.25) is 15.9 Å². The van der Waals surface area contributed by atoms with Crippen molar-refractivity contribution < 1.29 is 13.2 Å². The summed E-state index contributed by atoms with van der Waals surface area (Å²) < 4.78 is 25.9. The molecule has 0 fully saturated rings. The number of nitrogens with zero attached hydrogens (tertiary/aromatic N) is 1. The first-order valence-electron chi connectivity index (χ1n) is 11.1. The van der Waals surface area contributed by atoms with Gasteiger partial charge in [0.1, 0.15) is 0 Å². The van der Waals surface area contributed by atoms with Crippen LogP contribution < -0.4 is 9.62 Å². The van der Waals surface area contributed by atoms with Crippen LogP contribution in [0.3, 0.4) is 0 Å². The summed E-state index contributed by atoms with van der Waals surface area (Å²) in [4.78, 5) is 12.2. The van der Waals surface area contributed by atoms with Gasteiger partial charge in [0.15, 0.2) is 0 Å². The number of carbonyl (C=O) groups is 1. The molecule has 0 aliphatic rings. The van der Waals surface area contributed by atoms with Gasteiger partial charge in [-0.15, -0.1) is 0 Å². The summed E-state index contributed by atoms with van der Waals surface area (Å²) in [6.45, 7) is 7.52. The number of sulfonamides is 1. The molecule has 0 saturated heterocycles. The Labute approximate surface area is 178 Å². The largest absolute Gasteiger partial charge is 0.356 e. The molecule has 6 heteroatoms. The molecule has 0 heterocycles. The predicted molar refractivity (Wildman–Crippen MR) is 123 cm³/mol. The van der Waals surface area contributed by atoms with Crippen LogP contribution in [0.1, 0.15) is 77.7 Å². The average Bonchev–Trinajstić information content (AvgIpc) is 2.69. The van der Waals surface area contributed by atoms with Gasteiger partial charge in [-0.3, -0.25) is 9.10 Å². The van der Waals surface area contributed by atoms with Crippen LogP contribution in [0.5, 0.6) is 0 Å². The number of aryl methyl sites for hydroxylation is 1. The fraction of sp³-hybridized carbons (Fsp3) is 0.696. The fourth-order valence-electron chi connectivity index (χ4n) is 3.37. The number of nitrogens with one attached hydrogen (secondary N) is 1. The van der Waals surface area contributed by atoms with Crippen molar-refractivity contribution in [3.8, 4) is 0 Å². The Bertz CT molecular complexity index is 687. The third-order valence-electron chi connectivity index (χ3n) is 5.34. The summed E-state index contributed by atoms with van der Waals surface area (Å²) in [6, 6.07) is 7.73. The molecule has 0 aliphatic heterocycles. The van der Waals surface area contributed by atoms with Gasteiger partial charge >= 0.3 is 0 Å². The molecule has 1 aromatic carbocycles. The molecule has 1 aromatic rings. The van der Waals surface area contributed by atoms with E-state index in [1.54, 1.807) is 0 Å². The van der Waals surface area contributed by atoms with E-state index in [1.807, 2.05) is 24.3 Å². The van der Waals surface area contributed by atoms with Gasteiger partial charge in [-0.1, -0.05) is 58.6 Å². The average molecular weight is 425 g/mol. The Morgan fingerprint density at radius 2 is 1.69 bits per heavy atom. The van der Waals surface area contributed by atoms with Crippen molar-refractivity contribution in [2.45, 2.75) is 78.6 Å². The molecule has 1 amide bonds. The molecule has 166 valence electrons. The minimum absolute atomic E-state index is 0.00307. The first-order valence-corrected chi connectivity index (χ1v) is 13.0. The number of benzene rings is 1. The van der Waals surface area contributed by atoms with Gasteiger partial charge in [0.05, 0.1) is 11.9 Å². The zero-order valence-electron chi connectivity index (χ0n) is 18.7. The van der Waals surface area contributed by atoms with Crippen molar-refractivity contribution in [3.63, 3.8) is 0 Å². The highest BCUT2D eigenvalue weighted by Crippen LogP contribution is 2.20. The maximum absolute atomic E-state index is 12.2. The minimum atomic E-state index is -3.38. The Kier molecular flexibility index (Phi) is 12.0. The molecule has 0 aliphatic carbocycles. The van der Waals surface area contributed by atoms with Crippen molar-refractivity contribution >= 4 is 21.6 Å². The zero-order chi connectivity index (χ0) is 21.7. The van der Waals surface area contributed by atoms with E-state index >= 15 is 0 Å². The number of anilines is 1. The minimum Gasteiger partial charge on any atom is -0.356 e. The Morgan fingerprint density at radius 3 is 2.24 bits per heavy atom. The van der Waals surface area contributed by atoms with Gasteiger partial charge in [-0.2, -0.15) is 0 Å². The van der Waals surface area contributed by atoms with Gasteiger partial charge in [-0.25, -0.2) is 8.42 Å². The van der Waals surface area contributed by atoms with Crippen LogP contribution >= 0.6 is 0 Å². The molecule has 0 unspecified atom stereocenters. The molecule has 0 bridgehead atoms. The quantitative estimate of drug-likeness (QED) is 0.435.